The van der Waals surface area contributed by atoms with Crippen LogP contribution in [0.1, 0.15) is 4.88 Å². The zero-order chi connectivity index (χ0) is 10.7. The van der Waals surface area contributed by atoms with Crippen molar-refractivity contribution in [3.8, 4) is 0 Å². The molecule has 2 aromatic rings. The van der Waals surface area contributed by atoms with E-state index in [4.69, 9.17) is 5.73 Å². The van der Waals surface area contributed by atoms with Crippen LogP contribution in [0.5, 0.6) is 0 Å². The first-order valence-corrected chi connectivity index (χ1v) is 5.31. The predicted octanol–water partition coefficient (Wildman–Crippen LogP) is 1.59. The average molecular weight is 222 g/mol. The molecule has 2 rings (SSSR count). The van der Waals surface area contributed by atoms with Crippen molar-refractivity contribution in [3.63, 3.8) is 0 Å². The summed E-state index contributed by atoms with van der Waals surface area (Å²) in [5.41, 5.74) is 6.70. The molecule has 0 saturated heterocycles. The summed E-state index contributed by atoms with van der Waals surface area (Å²) in [6, 6.07) is 3.80. The molecule has 2 N–H and O–H groups in total. The van der Waals surface area contributed by atoms with Crippen LogP contribution in [0.4, 0.5) is 5.69 Å². The quantitative estimate of drug-likeness (QED) is 0.630. The molecule has 0 amide bonds. The van der Waals surface area contributed by atoms with Gasteiger partial charge in [0.15, 0.2) is 0 Å². The van der Waals surface area contributed by atoms with E-state index in [1.165, 1.54) is 0 Å². The van der Waals surface area contributed by atoms with Gasteiger partial charge in [-0.3, -0.25) is 4.79 Å². The summed E-state index contributed by atoms with van der Waals surface area (Å²) in [4.78, 5) is 16.2. The average Bonchev–Trinajstić information content (AvgIpc) is 2.57. The van der Waals surface area contributed by atoms with Crippen molar-refractivity contribution < 1.29 is 9.53 Å². The molecule has 0 aromatic carbocycles. The zero-order valence-corrected chi connectivity index (χ0v) is 8.79. The molecular weight excluding hydrogens is 212 g/mol. The maximum absolute atomic E-state index is 9.99. The van der Waals surface area contributed by atoms with Crippen LogP contribution in [-0.2, 0) is 16.0 Å². The standard InChI is InChI=1S/C10H10N2O2S/c11-9-7-2-1-4-12-10(7)15-8(9)3-5-14-6-13/h1-2,4,6H,3,5,11H2. The van der Waals surface area contributed by atoms with E-state index in [1.807, 2.05) is 12.1 Å². The number of fused-ring (bicyclic) bond motifs is 1. The Kier molecular flexibility index (Phi) is 2.82. The second-order valence-electron chi connectivity index (χ2n) is 3.01. The van der Waals surface area contributed by atoms with Gasteiger partial charge in [-0.2, -0.15) is 0 Å². The lowest BCUT2D eigenvalue weighted by Gasteiger charge is -1.97. The van der Waals surface area contributed by atoms with Gasteiger partial charge in [0, 0.05) is 22.9 Å². The van der Waals surface area contributed by atoms with Crippen LogP contribution in [0.25, 0.3) is 10.2 Å². The number of hydrogen-bond acceptors (Lipinski definition) is 5. The number of pyridine rings is 1. The van der Waals surface area contributed by atoms with E-state index in [9.17, 15) is 4.79 Å². The first-order valence-electron chi connectivity index (χ1n) is 4.50. The molecule has 0 spiro atoms. The van der Waals surface area contributed by atoms with Crippen molar-refractivity contribution >= 4 is 33.7 Å². The smallest absolute Gasteiger partial charge is 0.293 e. The van der Waals surface area contributed by atoms with Gasteiger partial charge in [-0.15, -0.1) is 11.3 Å². The number of hydrogen-bond donors (Lipinski definition) is 1. The second kappa shape index (κ2) is 4.27. The lowest BCUT2D eigenvalue weighted by molar-refractivity contribution is -0.128. The Balaban J connectivity index is 2.27. The highest BCUT2D eigenvalue weighted by atomic mass is 32.1. The Morgan fingerprint density at radius 2 is 2.47 bits per heavy atom. The van der Waals surface area contributed by atoms with Crippen molar-refractivity contribution in [2.24, 2.45) is 0 Å². The lowest BCUT2D eigenvalue weighted by Crippen LogP contribution is -1.97. The Morgan fingerprint density at radius 1 is 1.60 bits per heavy atom. The zero-order valence-electron chi connectivity index (χ0n) is 7.97. The molecule has 15 heavy (non-hydrogen) atoms. The van der Waals surface area contributed by atoms with E-state index in [0.29, 0.717) is 19.5 Å². The maximum Gasteiger partial charge on any atom is 0.293 e. The fourth-order valence-corrected chi connectivity index (χ4v) is 2.42. The molecule has 0 aliphatic rings. The fourth-order valence-electron chi connectivity index (χ4n) is 1.38. The molecule has 0 bridgehead atoms. The van der Waals surface area contributed by atoms with Crippen LogP contribution in [0.15, 0.2) is 18.3 Å². The highest BCUT2D eigenvalue weighted by Crippen LogP contribution is 2.32. The number of aromatic nitrogens is 1. The van der Waals surface area contributed by atoms with Gasteiger partial charge in [0.25, 0.3) is 6.47 Å². The van der Waals surface area contributed by atoms with Crippen molar-refractivity contribution in [2.75, 3.05) is 12.3 Å². The largest absolute Gasteiger partial charge is 0.468 e. The van der Waals surface area contributed by atoms with E-state index in [-0.39, 0.29) is 0 Å². The first-order chi connectivity index (χ1) is 7.33. The Hall–Kier alpha value is -1.62. The molecule has 4 nitrogen and oxygen atoms in total. The number of nitrogens with two attached hydrogens (primary N) is 1. The molecule has 0 radical (unpaired) electrons. The van der Waals surface area contributed by atoms with Crippen LogP contribution in [0.2, 0.25) is 0 Å². The predicted molar refractivity (Wildman–Crippen MR) is 59.8 cm³/mol. The molecule has 0 atom stereocenters. The molecular formula is C10H10N2O2S. The second-order valence-corrected chi connectivity index (χ2v) is 4.10. The number of carbonyl (C=O) groups excluding carboxylic acids is 1. The van der Waals surface area contributed by atoms with E-state index < -0.39 is 0 Å². The molecule has 5 heteroatoms. The summed E-state index contributed by atoms with van der Waals surface area (Å²) < 4.78 is 4.64. The van der Waals surface area contributed by atoms with Crippen molar-refractivity contribution in [1.29, 1.82) is 0 Å². The highest BCUT2D eigenvalue weighted by Gasteiger charge is 2.09. The van der Waals surface area contributed by atoms with Gasteiger partial charge in [-0.25, -0.2) is 4.98 Å². The molecule has 0 aliphatic carbocycles. The maximum atomic E-state index is 9.99. The summed E-state index contributed by atoms with van der Waals surface area (Å²) in [7, 11) is 0. The van der Waals surface area contributed by atoms with Crippen molar-refractivity contribution in [2.45, 2.75) is 6.42 Å². The van der Waals surface area contributed by atoms with Crippen molar-refractivity contribution in [3.05, 3.63) is 23.2 Å². The fraction of sp³-hybridized carbons (Fsp3) is 0.200. The molecule has 0 fully saturated rings. The third kappa shape index (κ3) is 1.92. The normalized spacial score (nSPS) is 10.4. The number of rotatable bonds is 4. The molecule has 2 aromatic heterocycles. The van der Waals surface area contributed by atoms with Gasteiger partial charge in [-0.1, -0.05) is 0 Å². The minimum Gasteiger partial charge on any atom is -0.468 e. The highest BCUT2D eigenvalue weighted by molar-refractivity contribution is 7.19. The van der Waals surface area contributed by atoms with E-state index in [0.717, 1.165) is 20.8 Å². The van der Waals surface area contributed by atoms with Gasteiger partial charge >= 0.3 is 0 Å². The molecule has 0 unspecified atom stereocenters. The van der Waals surface area contributed by atoms with Crippen molar-refractivity contribution in [1.82, 2.24) is 4.98 Å². The number of anilines is 1. The van der Waals surface area contributed by atoms with E-state index in [2.05, 4.69) is 9.72 Å². The topological polar surface area (TPSA) is 65.2 Å². The number of ether oxygens (including phenoxy) is 1. The molecule has 0 aliphatic heterocycles. The van der Waals surface area contributed by atoms with Crippen LogP contribution < -0.4 is 5.73 Å². The summed E-state index contributed by atoms with van der Waals surface area (Å²) >= 11 is 1.54. The van der Waals surface area contributed by atoms with Gasteiger partial charge in [0.2, 0.25) is 0 Å². The summed E-state index contributed by atoms with van der Waals surface area (Å²) in [6.07, 6.45) is 2.38. The SMILES string of the molecule is Nc1c(CCOC=O)sc2ncccc12. The summed E-state index contributed by atoms with van der Waals surface area (Å²) in [5, 5.41) is 0.976. The number of nitrogens with zero attached hydrogens (tertiary/aromatic N) is 1. The van der Waals surface area contributed by atoms with Gasteiger partial charge in [-0.05, 0) is 12.1 Å². The number of nitrogen functional groups attached to an aromatic ring is 1. The minimum absolute atomic E-state index is 0.362. The number of thiophene rings is 1. The van der Waals surface area contributed by atoms with Crippen LogP contribution in [0, 0.1) is 0 Å². The van der Waals surface area contributed by atoms with E-state index >= 15 is 0 Å². The summed E-state index contributed by atoms with van der Waals surface area (Å²) in [6.45, 7) is 0.808. The Morgan fingerprint density at radius 3 is 3.20 bits per heavy atom. The summed E-state index contributed by atoms with van der Waals surface area (Å²) in [5.74, 6) is 0. The Bertz CT molecular complexity index is 481. The minimum atomic E-state index is 0.362. The monoisotopic (exact) mass is 222 g/mol. The third-order valence-corrected chi connectivity index (χ3v) is 3.29. The lowest BCUT2D eigenvalue weighted by atomic mass is 10.2. The van der Waals surface area contributed by atoms with Crippen LogP contribution in [0.3, 0.4) is 0 Å². The third-order valence-electron chi connectivity index (χ3n) is 2.10. The molecule has 0 saturated carbocycles. The first kappa shape index (κ1) is 9.92. The van der Waals surface area contributed by atoms with Gasteiger partial charge in [0.1, 0.15) is 4.83 Å². The molecule has 2 heterocycles. The Labute approximate surface area is 90.7 Å². The van der Waals surface area contributed by atoms with Crippen LogP contribution in [-0.4, -0.2) is 18.1 Å². The van der Waals surface area contributed by atoms with Gasteiger partial charge < -0.3 is 10.5 Å². The van der Waals surface area contributed by atoms with Crippen LogP contribution >= 0.6 is 11.3 Å². The van der Waals surface area contributed by atoms with Gasteiger partial charge in [0.05, 0.1) is 12.3 Å². The number of carbonyl (C=O) groups is 1. The van der Waals surface area contributed by atoms with E-state index in [1.54, 1.807) is 17.5 Å². The molecule has 78 valence electrons.